The van der Waals surface area contributed by atoms with E-state index in [0.29, 0.717) is 12.6 Å². The Kier molecular flexibility index (Phi) is 5.64. The first kappa shape index (κ1) is 13.9. The van der Waals surface area contributed by atoms with Crippen LogP contribution in [0.3, 0.4) is 0 Å². The van der Waals surface area contributed by atoms with Crippen molar-refractivity contribution in [3.8, 4) is 0 Å². The van der Waals surface area contributed by atoms with Crippen molar-refractivity contribution in [2.45, 2.75) is 59.9 Å². The molecule has 2 unspecified atom stereocenters. The third kappa shape index (κ3) is 7.30. The van der Waals surface area contributed by atoms with E-state index >= 15 is 0 Å². The Morgan fingerprint density at radius 2 is 1.71 bits per heavy atom. The summed E-state index contributed by atoms with van der Waals surface area (Å²) in [5.74, 6) is 0. The third-order valence-electron chi connectivity index (χ3n) is 1.71. The van der Waals surface area contributed by atoms with E-state index in [1.165, 1.54) is 0 Å². The van der Waals surface area contributed by atoms with Crippen molar-refractivity contribution in [3.05, 3.63) is 0 Å². The summed E-state index contributed by atoms with van der Waals surface area (Å²) in [4.78, 5) is 0. The molecular formula is C11H25NO2. The SMILES string of the molecule is CC(C)NC(C)C(O)OCC(C)(C)C. The maximum absolute atomic E-state index is 9.65. The first-order chi connectivity index (χ1) is 6.22. The number of nitrogens with one attached hydrogen (secondary N) is 1. The van der Waals surface area contributed by atoms with Gasteiger partial charge in [-0.25, -0.2) is 0 Å². The Morgan fingerprint density at radius 1 is 1.21 bits per heavy atom. The van der Waals surface area contributed by atoms with E-state index in [0.717, 1.165) is 0 Å². The van der Waals surface area contributed by atoms with E-state index in [9.17, 15) is 5.11 Å². The van der Waals surface area contributed by atoms with Crippen molar-refractivity contribution in [1.82, 2.24) is 5.32 Å². The maximum atomic E-state index is 9.65. The van der Waals surface area contributed by atoms with E-state index in [1.807, 2.05) is 20.8 Å². The summed E-state index contributed by atoms with van der Waals surface area (Å²) in [6, 6.07) is 0.329. The van der Waals surface area contributed by atoms with Crippen molar-refractivity contribution < 1.29 is 9.84 Å². The normalized spacial score (nSPS) is 17.1. The fourth-order valence-corrected chi connectivity index (χ4v) is 1.09. The topological polar surface area (TPSA) is 41.5 Å². The van der Waals surface area contributed by atoms with Gasteiger partial charge in [0.25, 0.3) is 0 Å². The number of aliphatic hydroxyl groups excluding tert-OH is 1. The molecule has 86 valence electrons. The summed E-state index contributed by atoms with van der Waals surface area (Å²) in [7, 11) is 0. The van der Waals surface area contributed by atoms with Crippen molar-refractivity contribution in [1.29, 1.82) is 0 Å². The average molecular weight is 203 g/mol. The van der Waals surface area contributed by atoms with Crippen molar-refractivity contribution >= 4 is 0 Å². The zero-order valence-corrected chi connectivity index (χ0v) is 10.3. The van der Waals surface area contributed by atoms with Gasteiger partial charge in [-0.1, -0.05) is 34.6 Å². The van der Waals surface area contributed by atoms with Crippen molar-refractivity contribution in [3.63, 3.8) is 0 Å². The quantitative estimate of drug-likeness (QED) is 0.669. The summed E-state index contributed by atoms with van der Waals surface area (Å²) in [6.45, 7) is 12.8. The van der Waals surface area contributed by atoms with E-state index in [-0.39, 0.29) is 11.5 Å². The lowest BCUT2D eigenvalue weighted by Gasteiger charge is -2.26. The predicted molar refractivity (Wildman–Crippen MR) is 59.1 cm³/mol. The molecule has 0 aromatic heterocycles. The van der Waals surface area contributed by atoms with Crippen LogP contribution in [0.1, 0.15) is 41.5 Å². The van der Waals surface area contributed by atoms with Crippen LogP contribution >= 0.6 is 0 Å². The smallest absolute Gasteiger partial charge is 0.169 e. The highest BCUT2D eigenvalue weighted by Crippen LogP contribution is 2.14. The summed E-state index contributed by atoms with van der Waals surface area (Å²) < 4.78 is 5.36. The van der Waals surface area contributed by atoms with Gasteiger partial charge in [0.1, 0.15) is 0 Å². The van der Waals surface area contributed by atoms with Crippen LogP contribution in [-0.2, 0) is 4.74 Å². The average Bonchev–Trinajstić information content (AvgIpc) is 1.97. The molecule has 2 N–H and O–H groups in total. The predicted octanol–water partition coefficient (Wildman–Crippen LogP) is 1.75. The Labute approximate surface area is 87.8 Å². The summed E-state index contributed by atoms with van der Waals surface area (Å²) in [6.07, 6.45) is -0.725. The zero-order valence-electron chi connectivity index (χ0n) is 10.3. The second kappa shape index (κ2) is 5.69. The number of hydrogen-bond acceptors (Lipinski definition) is 3. The second-order valence-electron chi connectivity index (χ2n) is 5.37. The maximum Gasteiger partial charge on any atom is 0.169 e. The van der Waals surface area contributed by atoms with Crippen LogP contribution in [0.25, 0.3) is 0 Å². The molecular weight excluding hydrogens is 178 g/mol. The highest BCUT2D eigenvalue weighted by Gasteiger charge is 2.18. The fourth-order valence-electron chi connectivity index (χ4n) is 1.09. The molecule has 0 bridgehead atoms. The van der Waals surface area contributed by atoms with Gasteiger partial charge >= 0.3 is 0 Å². The molecule has 0 aromatic rings. The van der Waals surface area contributed by atoms with Gasteiger partial charge in [-0.15, -0.1) is 0 Å². The lowest BCUT2D eigenvalue weighted by molar-refractivity contribution is -0.135. The summed E-state index contributed by atoms with van der Waals surface area (Å²) >= 11 is 0. The number of hydrogen-bond donors (Lipinski definition) is 2. The molecule has 0 aliphatic heterocycles. The molecule has 0 aromatic carbocycles. The van der Waals surface area contributed by atoms with Gasteiger partial charge in [-0.3, -0.25) is 0 Å². The molecule has 2 atom stereocenters. The third-order valence-corrected chi connectivity index (χ3v) is 1.71. The standard InChI is InChI=1S/C11H25NO2/c1-8(2)12-9(3)10(13)14-7-11(4,5)6/h8-10,12-13H,7H2,1-6H3. The highest BCUT2D eigenvalue weighted by molar-refractivity contribution is 4.68. The minimum Gasteiger partial charge on any atom is -0.367 e. The minimum absolute atomic E-state index is 0.0302. The largest absolute Gasteiger partial charge is 0.367 e. The van der Waals surface area contributed by atoms with Crippen LogP contribution in [0.4, 0.5) is 0 Å². The summed E-state index contributed by atoms with van der Waals surface area (Å²) in [5.41, 5.74) is 0.0958. The molecule has 0 rings (SSSR count). The Morgan fingerprint density at radius 3 is 2.07 bits per heavy atom. The highest BCUT2D eigenvalue weighted by atomic mass is 16.6. The van der Waals surface area contributed by atoms with Crippen LogP contribution in [0.5, 0.6) is 0 Å². The van der Waals surface area contributed by atoms with Gasteiger partial charge in [-0.2, -0.15) is 0 Å². The molecule has 14 heavy (non-hydrogen) atoms. The molecule has 0 aliphatic carbocycles. The van der Waals surface area contributed by atoms with Gasteiger partial charge in [0, 0.05) is 6.04 Å². The van der Waals surface area contributed by atoms with Gasteiger partial charge in [0.05, 0.1) is 12.6 Å². The van der Waals surface area contributed by atoms with Crippen LogP contribution < -0.4 is 5.32 Å². The molecule has 0 amide bonds. The lowest BCUT2D eigenvalue weighted by atomic mass is 9.99. The van der Waals surface area contributed by atoms with Crippen molar-refractivity contribution in [2.75, 3.05) is 6.61 Å². The van der Waals surface area contributed by atoms with Crippen LogP contribution in [0, 0.1) is 5.41 Å². The molecule has 0 saturated heterocycles. The number of aliphatic hydroxyl groups is 1. The van der Waals surface area contributed by atoms with Crippen LogP contribution in [0.15, 0.2) is 0 Å². The fraction of sp³-hybridized carbons (Fsp3) is 1.00. The van der Waals surface area contributed by atoms with Gasteiger partial charge in [-0.05, 0) is 12.3 Å². The van der Waals surface area contributed by atoms with Crippen LogP contribution in [-0.4, -0.2) is 30.1 Å². The Balaban J connectivity index is 3.78. The molecule has 3 heteroatoms. The van der Waals surface area contributed by atoms with Gasteiger partial charge in [0.15, 0.2) is 6.29 Å². The first-order valence-electron chi connectivity index (χ1n) is 5.28. The molecule has 0 spiro atoms. The molecule has 0 aliphatic rings. The Bertz CT molecular complexity index is 152. The van der Waals surface area contributed by atoms with Gasteiger partial charge in [0.2, 0.25) is 0 Å². The molecule has 0 radical (unpaired) electrons. The van der Waals surface area contributed by atoms with E-state index in [1.54, 1.807) is 0 Å². The van der Waals surface area contributed by atoms with Crippen LogP contribution in [0.2, 0.25) is 0 Å². The molecule has 0 heterocycles. The monoisotopic (exact) mass is 203 g/mol. The molecule has 0 saturated carbocycles. The minimum atomic E-state index is -0.725. The van der Waals surface area contributed by atoms with Gasteiger partial charge < -0.3 is 15.2 Å². The Hall–Kier alpha value is -0.120. The first-order valence-corrected chi connectivity index (χ1v) is 5.28. The lowest BCUT2D eigenvalue weighted by Crippen LogP contribution is -2.43. The second-order valence-corrected chi connectivity index (χ2v) is 5.37. The molecule has 0 fully saturated rings. The van der Waals surface area contributed by atoms with E-state index < -0.39 is 6.29 Å². The van der Waals surface area contributed by atoms with E-state index in [4.69, 9.17) is 4.74 Å². The zero-order chi connectivity index (χ0) is 11.4. The molecule has 3 nitrogen and oxygen atoms in total. The van der Waals surface area contributed by atoms with Crippen molar-refractivity contribution in [2.24, 2.45) is 5.41 Å². The summed E-state index contributed by atoms with van der Waals surface area (Å²) in [5, 5.41) is 12.8. The van der Waals surface area contributed by atoms with E-state index in [2.05, 4.69) is 26.1 Å². The number of rotatable bonds is 5. The number of ether oxygens (including phenoxy) is 1.